The summed E-state index contributed by atoms with van der Waals surface area (Å²) in [4.78, 5) is 19.1. The van der Waals surface area contributed by atoms with Gasteiger partial charge in [0.1, 0.15) is 0 Å². The van der Waals surface area contributed by atoms with E-state index in [4.69, 9.17) is 0 Å². The van der Waals surface area contributed by atoms with E-state index in [9.17, 15) is 4.79 Å². The Morgan fingerprint density at radius 3 is 3.05 bits per heavy atom. The molecule has 21 heavy (non-hydrogen) atoms. The molecule has 0 bridgehead atoms. The minimum absolute atomic E-state index is 0.164. The minimum Gasteiger partial charge on any atom is -0.354 e. The topological polar surface area (TPSA) is 62.7 Å². The normalized spacial score (nSPS) is 14.7. The van der Waals surface area contributed by atoms with Crippen molar-refractivity contribution in [1.29, 1.82) is 0 Å². The molecule has 0 fully saturated rings. The smallest absolute Gasteiger partial charge is 0.327 e. The van der Waals surface area contributed by atoms with E-state index in [1.807, 2.05) is 6.07 Å². The van der Waals surface area contributed by atoms with Crippen molar-refractivity contribution in [2.75, 3.05) is 5.32 Å². The molecule has 5 nitrogen and oxygen atoms in total. The molecule has 108 valence electrons. The molecule has 2 aromatic rings. The van der Waals surface area contributed by atoms with Crippen LogP contribution in [0.25, 0.3) is 11.2 Å². The van der Waals surface area contributed by atoms with Gasteiger partial charge in [0.15, 0.2) is 5.65 Å². The molecule has 2 aromatic heterocycles. The van der Waals surface area contributed by atoms with E-state index in [2.05, 4.69) is 40.9 Å². The molecule has 2 heterocycles. The van der Waals surface area contributed by atoms with Gasteiger partial charge in [-0.2, -0.15) is 0 Å². The SMILES string of the molecule is C=CCn1c(=O)[nH]c2cc(NC3=CCCC=C3C)cnc21. The fourth-order valence-corrected chi connectivity index (χ4v) is 2.51. The lowest BCUT2D eigenvalue weighted by Gasteiger charge is -2.15. The van der Waals surface area contributed by atoms with E-state index in [0.717, 1.165) is 29.7 Å². The lowest BCUT2D eigenvalue weighted by molar-refractivity contribution is 0.799. The summed E-state index contributed by atoms with van der Waals surface area (Å²) in [5.41, 5.74) is 4.42. The maximum absolute atomic E-state index is 11.9. The van der Waals surface area contributed by atoms with Crippen LogP contribution in [-0.4, -0.2) is 14.5 Å². The van der Waals surface area contributed by atoms with Crippen molar-refractivity contribution in [2.24, 2.45) is 0 Å². The third-order valence-electron chi connectivity index (χ3n) is 3.59. The first kappa shape index (κ1) is 13.4. The Hall–Kier alpha value is -2.56. The van der Waals surface area contributed by atoms with Crippen LogP contribution in [0, 0.1) is 0 Å². The third-order valence-corrected chi connectivity index (χ3v) is 3.59. The molecule has 0 saturated heterocycles. The van der Waals surface area contributed by atoms with Crippen LogP contribution in [0.15, 0.2) is 53.1 Å². The number of hydrogen-bond acceptors (Lipinski definition) is 3. The van der Waals surface area contributed by atoms with Gasteiger partial charge in [-0.15, -0.1) is 6.58 Å². The summed E-state index contributed by atoms with van der Waals surface area (Å²) in [5.74, 6) is 0. The van der Waals surface area contributed by atoms with Gasteiger partial charge in [-0.05, 0) is 31.4 Å². The molecule has 0 radical (unpaired) electrons. The van der Waals surface area contributed by atoms with Crippen LogP contribution in [-0.2, 0) is 6.54 Å². The molecule has 0 saturated carbocycles. The Labute approximate surface area is 122 Å². The maximum atomic E-state index is 11.9. The van der Waals surface area contributed by atoms with Crippen LogP contribution < -0.4 is 11.0 Å². The largest absolute Gasteiger partial charge is 0.354 e. The lowest BCUT2D eigenvalue weighted by Crippen LogP contribution is -2.15. The average molecular weight is 282 g/mol. The van der Waals surface area contributed by atoms with Crippen molar-refractivity contribution in [3.8, 4) is 0 Å². The number of hydrogen-bond donors (Lipinski definition) is 2. The number of aromatic amines is 1. The van der Waals surface area contributed by atoms with E-state index in [1.165, 1.54) is 5.57 Å². The Bertz CT molecular complexity index is 807. The summed E-state index contributed by atoms with van der Waals surface area (Å²) in [6.07, 6.45) is 9.97. The van der Waals surface area contributed by atoms with E-state index in [0.29, 0.717) is 12.2 Å². The zero-order valence-electron chi connectivity index (χ0n) is 12.0. The van der Waals surface area contributed by atoms with Crippen LogP contribution in [0.5, 0.6) is 0 Å². The van der Waals surface area contributed by atoms with Gasteiger partial charge < -0.3 is 10.3 Å². The highest BCUT2D eigenvalue weighted by Crippen LogP contribution is 2.22. The average Bonchev–Trinajstić information content (AvgIpc) is 2.78. The van der Waals surface area contributed by atoms with Gasteiger partial charge in [0.25, 0.3) is 0 Å². The minimum atomic E-state index is -0.164. The summed E-state index contributed by atoms with van der Waals surface area (Å²) < 4.78 is 1.57. The monoisotopic (exact) mass is 282 g/mol. The molecule has 0 amide bonds. The summed E-state index contributed by atoms with van der Waals surface area (Å²) in [5, 5.41) is 3.36. The van der Waals surface area contributed by atoms with Crippen molar-refractivity contribution in [3.63, 3.8) is 0 Å². The molecule has 0 unspecified atom stereocenters. The van der Waals surface area contributed by atoms with Crippen LogP contribution >= 0.6 is 0 Å². The van der Waals surface area contributed by atoms with Crippen LogP contribution in [0.1, 0.15) is 19.8 Å². The molecule has 2 N–H and O–H groups in total. The second kappa shape index (κ2) is 5.44. The molecule has 3 rings (SSSR count). The number of H-pyrrole nitrogens is 1. The number of allylic oxidation sites excluding steroid dienone is 4. The molecule has 5 heteroatoms. The lowest BCUT2D eigenvalue weighted by atomic mass is 10.0. The quantitative estimate of drug-likeness (QED) is 0.847. The van der Waals surface area contributed by atoms with Gasteiger partial charge in [0.05, 0.1) is 17.4 Å². The fourth-order valence-electron chi connectivity index (χ4n) is 2.51. The molecule has 0 spiro atoms. The van der Waals surface area contributed by atoms with Crippen molar-refractivity contribution in [1.82, 2.24) is 14.5 Å². The van der Waals surface area contributed by atoms with Gasteiger partial charge >= 0.3 is 5.69 Å². The first-order valence-electron chi connectivity index (χ1n) is 7.03. The number of fused-ring (bicyclic) bond motifs is 1. The number of nitrogens with zero attached hydrogens (tertiary/aromatic N) is 2. The molecule has 1 aliphatic carbocycles. The molecular formula is C16H18N4O. The number of pyridine rings is 1. The zero-order chi connectivity index (χ0) is 14.8. The summed E-state index contributed by atoms with van der Waals surface area (Å²) in [6.45, 7) is 6.20. The highest BCUT2D eigenvalue weighted by molar-refractivity contribution is 5.75. The first-order valence-corrected chi connectivity index (χ1v) is 7.03. The van der Waals surface area contributed by atoms with Gasteiger partial charge in [0.2, 0.25) is 0 Å². The third kappa shape index (κ3) is 2.54. The van der Waals surface area contributed by atoms with Crippen LogP contribution in [0.3, 0.4) is 0 Å². The van der Waals surface area contributed by atoms with E-state index in [-0.39, 0.29) is 5.69 Å². The Kier molecular flexibility index (Phi) is 3.48. The summed E-state index contributed by atoms with van der Waals surface area (Å²) in [7, 11) is 0. The maximum Gasteiger partial charge on any atom is 0.327 e. The van der Waals surface area contributed by atoms with Crippen molar-refractivity contribution >= 4 is 16.9 Å². The number of aromatic nitrogens is 3. The molecule has 1 aliphatic rings. The molecule has 0 aromatic carbocycles. The van der Waals surface area contributed by atoms with Crippen molar-refractivity contribution in [2.45, 2.75) is 26.3 Å². The summed E-state index contributed by atoms with van der Waals surface area (Å²) >= 11 is 0. The van der Waals surface area contributed by atoms with E-state index < -0.39 is 0 Å². The highest BCUT2D eigenvalue weighted by atomic mass is 16.1. The predicted octanol–water partition coefficient (Wildman–Crippen LogP) is 2.95. The fraction of sp³-hybridized carbons (Fsp3) is 0.250. The predicted molar refractivity (Wildman–Crippen MR) is 85.2 cm³/mol. The second-order valence-corrected chi connectivity index (χ2v) is 5.13. The van der Waals surface area contributed by atoms with Gasteiger partial charge in [-0.25, -0.2) is 9.78 Å². The molecular weight excluding hydrogens is 264 g/mol. The summed E-state index contributed by atoms with van der Waals surface area (Å²) in [6, 6.07) is 1.91. The standard InChI is InChI=1S/C16H18N4O/c1-3-8-20-15-14(19-16(20)21)9-12(10-17-15)18-13-7-5-4-6-11(13)2/h3,6-7,9-10,18H,1,4-5,8H2,2H3,(H,19,21). The van der Waals surface area contributed by atoms with Gasteiger partial charge in [-0.3, -0.25) is 4.57 Å². The number of nitrogens with one attached hydrogen (secondary N) is 2. The molecule has 0 atom stereocenters. The van der Waals surface area contributed by atoms with E-state index in [1.54, 1.807) is 16.8 Å². The zero-order valence-corrected chi connectivity index (χ0v) is 12.0. The molecule has 0 aliphatic heterocycles. The number of imidazole rings is 1. The first-order chi connectivity index (χ1) is 10.2. The van der Waals surface area contributed by atoms with Crippen LogP contribution in [0.2, 0.25) is 0 Å². The number of anilines is 1. The van der Waals surface area contributed by atoms with Crippen molar-refractivity contribution in [3.05, 3.63) is 58.8 Å². The highest BCUT2D eigenvalue weighted by Gasteiger charge is 2.09. The van der Waals surface area contributed by atoms with E-state index >= 15 is 0 Å². The van der Waals surface area contributed by atoms with Gasteiger partial charge in [0, 0.05) is 12.2 Å². The van der Waals surface area contributed by atoms with Crippen molar-refractivity contribution < 1.29 is 0 Å². The van der Waals surface area contributed by atoms with Crippen LogP contribution in [0.4, 0.5) is 5.69 Å². The second-order valence-electron chi connectivity index (χ2n) is 5.13. The van der Waals surface area contributed by atoms with Gasteiger partial charge in [-0.1, -0.05) is 18.2 Å². The Morgan fingerprint density at radius 1 is 1.48 bits per heavy atom. The Morgan fingerprint density at radius 2 is 2.29 bits per heavy atom. The Balaban J connectivity index is 1.95. The number of rotatable bonds is 4.